The summed E-state index contributed by atoms with van der Waals surface area (Å²) in [6, 6.07) is 2.86. The lowest BCUT2D eigenvalue weighted by Crippen LogP contribution is -2.31. The van der Waals surface area contributed by atoms with E-state index in [-0.39, 0.29) is 18.0 Å². The van der Waals surface area contributed by atoms with Crippen molar-refractivity contribution in [3.05, 3.63) is 44.8 Å². The fourth-order valence-electron chi connectivity index (χ4n) is 1.65. The van der Waals surface area contributed by atoms with Gasteiger partial charge in [-0.1, -0.05) is 6.92 Å². The van der Waals surface area contributed by atoms with Crippen LogP contribution in [0.4, 0.5) is 5.69 Å². The molecule has 0 aliphatic rings. The van der Waals surface area contributed by atoms with Gasteiger partial charge in [-0.05, 0) is 12.5 Å². The molecule has 2 aromatic heterocycles. The lowest BCUT2D eigenvalue weighted by molar-refractivity contribution is -0.121. The smallest absolute Gasteiger partial charge is 0.251 e. The highest BCUT2D eigenvalue weighted by molar-refractivity contribution is 7.11. The number of pyridine rings is 1. The molecular weight excluding hydrogens is 276 g/mol. The lowest BCUT2D eigenvalue weighted by Gasteiger charge is -2.06. The zero-order valence-electron chi connectivity index (χ0n) is 11.1. The number of hydrogen-bond acceptors (Lipinski definition) is 5. The van der Waals surface area contributed by atoms with Crippen LogP contribution >= 0.6 is 11.3 Å². The highest BCUT2D eigenvalue weighted by Gasteiger charge is 2.06. The number of hydrogen-bond donors (Lipinski definition) is 2. The molecule has 0 aromatic carbocycles. The fourth-order valence-corrected chi connectivity index (χ4v) is 2.45. The maximum absolute atomic E-state index is 11.8. The first kappa shape index (κ1) is 14.3. The van der Waals surface area contributed by atoms with Crippen LogP contribution in [0.1, 0.15) is 16.8 Å². The Morgan fingerprint density at radius 1 is 1.50 bits per heavy atom. The molecule has 3 N–H and O–H groups in total. The number of nitrogen functional groups attached to an aromatic ring is 1. The summed E-state index contributed by atoms with van der Waals surface area (Å²) >= 11 is 1.57. The highest BCUT2D eigenvalue weighted by Crippen LogP contribution is 2.12. The molecule has 2 heterocycles. The van der Waals surface area contributed by atoms with Crippen molar-refractivity contribution in [3.8, 4) is 0 Å². The van der Waals surface area contributed by atoms with E-state index in [2.05, 4.69) is 17.2 Å². The summed E-state index contributed by atoms with van der Waals surface area (Å²) in [4.78, 5) is 28.7. The SMILES string of the molecule is CCc1cnc(CNC(=O)Cn2cc(N)ccc2=O)s1. The monoisotopic (exact) mass is 292 g/mol. The summed E-state index contributed by atoms with van der Waals surface area (Å²) in [6.07, 6.45) is 4.21. The van der Waals surface area contributed by atoms with Crippen molar-refractivity contribution in [3.63, 3.8) is 0 Å². The Hall–Kier alpha value is -2.15. The van der Waals surface area contributed by atoms with Crippen LogP contribution in [0.2, 0.25) is 0 Å². The largest absolute Gasteiger partial charge is 0.398 e. The third-order valence-electron chi connectivity index (χ3n) is 2.71. The average molecular weight is 292 g/mol. The molecule has 2 aromatic rings. The van der Waals surface area contributed by atoms with Crippen LogP contribution in [0, 0.1) is 0 Å². The third-order valence-corrected chi connectivity index (χ3v) is 3.85. The van der Waals surface area contributed by atoms with Gasteiger partial charge >= 0.3 is 0 Å². The maximum Gasteiger partial charge on any atom is 0.251 e. The third kappa shape index (κ3) is 3.67. The molecule has 0 saturated carbocycles. The predicted molar refractivity (Wildman–Crippen MR) is 78.5 cm³/mol. The number of nitrogens with zero attached hydrogens (tertiary/aromatic N) is 2. The first-order valence-electron chi connectivity index (χ1n) is 6.24. The molecule has 0 fully saturated rings. The van der Waals surface area contributed by atoms with Gasteiger partial charge in [0.25, 0.3) is 5.56 Å². The Labute approximate surface area is 120 Å². The van der Waals surface area contributed by atoms with E-state index in [0.29, 0.717) is 12.2 Å². The summed E-state index contributed by atoms with van der Waals surface area (Å²) in [5.74, 6) is -0.244. The molecule has 7 heteroatoms. The number of amides is 1. The van der Waals surface area contributed by atoms with E-state index in [9.17, 15) is 9.59 Å². The van der Waals surface area contributed by atoms with Crippen molar-refractivity contribution >= 4 is 22.9 Å². The molecule has 6 nitrogen and oxygen atoms in total. The number of aryl methyl sites for hydroxylation is 1. The second-order valence-corrected chi connectivity index (χ2v) is 5.48. The zero-order valence-corrected chi connectivity index (χ0v) is 11.9. The van der Waals surface area contributed by atoms with E-state index in [1.165, 1.54) is 27.8 Å². The average Bonchev–Trinajstić information content (AvgIpc) is 2.89. The summed E-state index contributed by atoms with van der Waals surface area (Å²) in [6.45, 7) is 2.39. The molecule has 0 aliphatic heterocycles. The van der Waals surface area contributed by atoms with Crippen LogP contribution in [-0.4, -0.2) is 15.5 Å². The van der Waals surface area contributed by atoms with E-state index in [4.69, 9.17) is 5.73 Å². The Balaban J connectivity index is 1.92. The molecule has 0 aliphatic carbocycles. The molecule has 0 atom stereocenters. The minimum absolute atomic E-state index is 0.0458. The molecule has 2 rings (SSSR count). The van der Waals surface area contributed by atoms with Crippen molar-refractivity contribution in [1.29, 1.82) is 0 Å². The van der Waals surface area contributed by atoms with Gasteiger partial charge in [0.15, 0.2) is 0 Å². The molecule has 20 heavy (non-hydrogen) atoms. The fraction of sp³-hybridized carbons (Fsp3) is 0.308. The minimum atomic E-state index is -0.253. The number of nitrogens with one attached hydrogen (secondary N) is 1. The first-order chi connectivity index (χ1) is 9.58. The molecule has 0 bridgehead atoms. The van der Waals surface area contributed by atoms with Gasteiger partial charge in [0.1, 0.15) is 11.6 Å². The maximum atomic E-state index is 11.8. The van der Waals surface area contributed by atoms with Crippen LogP contribution in [0.5, 0.6) is 0 Å². The number of rotatable bonds is 5. The molecule has 1 amide bonds. The van der Waals surface area contributed by atoms with Crippen molar-refractivity contribution in [2.24, 2.45) is 0 Å². The normalized spacial score (nSPS) is 10.4. The number of thiazole rings is 1. The molecule has 0 saturated heterocycles. The van der Waals surface area contributed by atoms with Gasteiger partial charge in [-0.2, -0.15) is 0 Å². The van der Waals surface area contributed by atoms with E-state index in [1.807, 2.05) is 6.20 Å². The van der Waals surface area contributed by atoms with Gasteiger partial charge in [0.2, 0.25) is 5.91 Å². The van der Waals surface area contributed by atoms with Gasteiger partial charge in [-0.25, -0.2) is 4.98 Å². The van der Waals surface area contributed by atoms with Crippen LogP contribution in [0.15, 0.2) is 29.3 Å². The van der Waals surface area contributed by atoms with Gasteiger partial charge in [-0.3, -0.25) is 9.59 Å². The Morgan fingerprint density at radius 2 is 2.30 bits per heavy atom. The number of carbonyl (C=O) groups excluding carboxylic acids is 1. The van der Waals surface area contributed by atoms with Crippen molar-refractivity contribution in [1.82, 2.24) is 14.9 Å². The number of nitrogens with two attached hydrogens (primary N) is 1. The summed E-state index contributed by atoms with van der Waals surface area (Å²) in [5, 5.41) is 3.60. The quantitative estimate of drug-likeness (QED) is 0.851. The summed E-state index contributed by atoms with van der Waals surface area (Å²) in [5.41, 5.74) is 5.78. The minimum Gasteiger partial charge on any atom is -0.398 e. The van der Waals surface area contributed by atoms with Crippen LogP contribution in [0.25, 0.3) is 0 Å². The van der Waals surface area contributed by atoms with E-state index >= 15 is 0 Å². The zero-order chi connectivity index (χ0) is 14.5. The standard InChI is InChI=1S/C13H16N4O2S/c1-2-10-5-16-12(20-10)6-15-11(18)8-17-7-9(14)3-4-13(17)19/h3-5,7H,2,6,8,14H2,1H3,(H,15,18). The van der Waals surface area contributed by atoms with Gasteiger partial charge in [0, 0.05) is 29.0 Å². The topological polar surface area (TPSA) is 90.0 Å². The Bertz CT molecular complexity index is 662. The molecule has 0 radical (unpaired) electrons. The highest BCUT2D eigenvalue weighted by atomic mass is 32.1. The van der Waals surface area contributed by atoms with Crippen LogP contribution in [0.3, 0.4) is 0 Å². The van der Waals surface area contributed by atoms with Crippen molar-refractivity contribution < 1.29 is 4.79 Å². The number of anilines is 1. The molecule has 0 unspecified atom stereocenters. The predicted octanol–water partition coefficient (Wildman–Crippen LogP) is 0.766. The van der Waals surface area contributed by atoms with Crippen molar-refractivity contribution in [2.45, 2.75) is 26.4 Å². The molecular formula is C13H16N4O2S. The van der Waals surface area contributed by atoms with Crippen molar-refractivity contribution in [2.75, 3.05) is 5.73 Å². The van der Waals surface area contributed by atoms with E-state index < -0.39 is 0 Å². The molecule has 0 spiro atoms. The van der Waals surface area contributed by atoms with Gasteiger partial charge in [-0.15, -0.1) is 11.3 Å². The Morgan fingerprint density at radius 3 is 3.00 bits per heavy atom. The van der Waals surface area contributed by atoms with Gasteiger partial charge in [0.05, 0.1) is 6.54 Å². The number of aromatic nitrogens is 2. The first-order valence-corrected chi connectivity index (χ1v) is 7.06. The van der Waals surface area contributed by atoms with E-state index in [0.717, 1.165) is 11.4 Å². The van der Waals surface area contributed by atoms with Gasteiger partial charge < -0.3 is 15.6 Å². The second kappa shape index (κ2) is 6.33. The summed E-state index contributed by atoms with van der Waals surface area (Å²) < 4.78 is 1.28. The summed E-state index contributed by atoms with van der Waals surface area (Å²) in [7, 11) is 0. The number of carbonyl (C=O) groups is 1. The lowest BCUT2D eigenvalue weighted by atomic mass is 10.4. The Kier molecular flexibility index (Phi) is 4.52. The van der Waals surface area contributed by atoms with E-state index in [1.54, 1.807) is 11.3 Å². The van der Waals surface area contributed by atoms with Crippen LogP contribution < -0.4 is 16.6 Å². The van der Waals surface area contributed by atoms with Crippen LogP contribution in [-0.2, 0) is 24.3 Å². The molecule has 106 valence electrons. The second-order valence-electron chi connectivity index (χ2n) is 4.28.